The van der Waals surface area contributed by atoms with E-state index >= 15 is 0 Å². The molecule has 1 saturated heterocycles. The van der Waals surface area contributed by atoms with Gasteiger partial charge >= 0.3 is 0 Å². The molecule has 4 aliphatic heterocycles. The summed E-state index contributed by atoms with van der Waals surface area (Å²) in [6, 6.07) is 5.46. The van der Waals surface area contributed by atoms with E-state index in [2.05, 4.69) is 10.3 Å². The number of alkyl halides is 2. The number of hydrogen-bond acceptors (Lipinski definition) is 8. The van der Waals surface area contributed by atoms with Gasteiger partial charge in [0.05, 0.1) is 24.8 Å². The molecule has 1 aromatic carbocycles. The number of nitrogens with zero attached hydrogens (tertiary/aromatic N) is 2. The molecule has 1 aromatic rings. The minimum Gasteiger partial charge on any atom is -0.487 e. The molecule has 0 bridgehead atoms. The third-order valence-corrected chi connectivity index (χ3v) is 7.49. The first-order valence-electron chi connectivity index (χ1n) is 12.1. The van der Waals surface area contributed by atoms with Crippen molar-refractivity contribution in [2.75, 3.05) is 31.7 Å². The molecule has 9 nitrogen and oxygen atoms in total. The Bertz CT molecular complexity index is 1220. The first kappa shape index (κ1) is 25.2. The van der Waals surface area contributed by atoms with Gasteiger partial charge in [-0.15, -0.1) is 0 Å². The average Bonchev–Trinajstić information content (AvgIpc) is 3.16. The van der Waals surface area contributed by atoms with Gasteiger partial charge in [-0.2, -0.15) is 0 Å². The molecule has 4 aliphatic rings. The van der Waals surface area contributed by atoms with Crippen LogP contribution in [0.4, 0.5) is 14.5 Å². The molecule has 5 rings (SSSR count). The lowest BCUT2D eigenvalue weighted by Gasteiger charge is -2.61. The fourth-order valence-corrected chi connectivity index (χ4v) is 5.31. The summed E-state index contributed by atoms with van der Waals surface area (Å²) >= 11 is 0. The normalized spacial score (nSPS) is 27.1. The number of carbonyl (C=O) groups is 1. The smallest absolute Gasteiger partial charge is 0.283 e. The van der Waals surface area contributed by atoms with Crippen molar-refractivity contribution < 1.29 is 32.5 Å². The summed E-state index contributed by atoms with van der Waals surface area (Å²) in [5.74, 6) is 0.324. The summed E-state index contributed by atoms with van der Waals surface area (Å²) < 4.78 is 47.9. The van der Waals surface area contributed by atoms with Crippen molar-refractivity contribution in [2.45, 2.75) is 44.8 Å². The zero-order valence-corrected chi connectivity index (χ0v) is 20.9. The first-order valence-corrected chi connectivity index (χ1v) is 12.1. The van der Waals surface area contributed by atoms with Gasteiger partial charge in [-0.25, -0.2) is 18.8 Å². The highest BCUT2D eigenvalue weighted by Gasteiger charge is 2.71. The zero-order valence-electron chi connectivity index (χ0n) is 20.9. The van der Waals surface area contributed by atoms with Crippen molar-refractivity contribution >= 4 is 23.8 Å². The number of fused-ring (bicyclic) bond motifs is 3. The molecule has 0 radical (unpaired) electrons. The van der Waals surface area contributed by atoms with Crippen LogP contribution in [0.3, 0.4) is 0 Å². The maximum absolute atomic E-state index is 13.2. The third kappa shape index (κ3) is 4.24. The Balaban J connectivity index is 1.43. The van der Waals surface area contributed by atoms with Crippen LogP contribution in [0.15, 0.2) is 51.8 Å². The molecule has 3 N–H and O–H groups in total. The maximum atomic E-state index is 13.2. The van der Waals surface area contributed by atoms with E-state index in [-0.39, 0.29) is 30.0 Å². The van der Waals surface area contributed by atoms with Gasteiger partial charge < -0.3 is 30.0 Å². The molecule has 0 aromatic heterocycles. The van der Waals surface area contributed by atoms with E-state index in [0.29, 0.717) is 31.1 Å². The zero-order chi connectivity index (χ0) is 26.4. The Morgan fingerprint density at radius 1 is 1.30 bits per heavy atom. The van der Waals surface area contributed by atoms with Gasteiger partial charge in [0, 0.05) is 11.3 Å². The molecular weight excluding hydrogens is 486 g/mol. The number of allylic oxidation sites excluding steroid dienone is 3. The van der Waals surface area contributed by atoms with Crippen LogP contribution >= 0.6 is 0 Å². The molecule has 37 heavy (non-hydrogen) atoms. The third-order valence-electron chi connectivity index (χ3n) is 7.49. The molecule has 1 amide bonds. The number of benzene rings is 1. The minimum absolute atomic E-state index is 0.0581. The van der Waals surface area contributed by atoms with Crippen molar-refractivity contribution in [1.82, 2.24) is 0 Å². The van der Waals surface area contributed by atoms with Crippen molar-refractivity contribution in [1.29, 1.82) is 0 Å². The predicted octanol–water partition coefficient (Wildman–Crippen LogP) is 3.51. The molecule has 2 spiro atoms. The van der Waals surface area contributed by atoms with Crippen molar-refractivity contribution in [3.63, 3.8) is 0 Å². The molecule has 198 valence electrons. The van der Waals surface area contributed by atoms with Gasteiger partial charge in [-0.05, 0) is 56.5 Å². The van der Waals surface area contributed by atoms with E-state index in [0.717, 1.165) is 5.56 Å². The average molecular weight is 517 g/mol. The number of ether oxygens (including phenoxy) is 4. The standard InChI is InChI=1S/C26H30F2N4O5/c1-15-4-6-17(35-11-21(27)28)10-30-19(8-15)22(33)31-16-5-7-20-18(9-16)26(14-36-23(29)32-26)25(12-34-13-25)24(2,3)37-20/h5-10,15,21H,4,11-14H2,1-3H3,(H2,29,32)(H,31,33). The van der Waals surface area contributed by atoms with Crippen LogP contribution in [0.1, 0.15) is 32.8 Å². The summed E-state index contributed by atoms with van der Waals surface area (Å²) in [7, 11) is 0. The fourth-order valence-electron chi connectivity index (χ4n) is 5.31. The van der Waals surface area contributed by atoms with Gasteiger partial charge in [0.2, 0.25) is 0 Å². The van der Waals surface area contributed by atoms with E-state index in [1.54, 1.807) is 24.3 Å². The highest BCUT2D eigenvalue weighted by Crippen LogP contribution is 2.62. The van der Waals surface area contributed by atoms with Crippen molar-refractivity contribution in [2.24, 2.45) is 27.1 Å². The number of amides is 1. The minimum atomic E-state index is -2.60. The molecule has 2 unspecified atom stereocenters. The molecule has 11 heteroatoms. The van der Waals surface area contributed by atoms with Crippen LogP contribution in [0.5, 0.6) is 5.75 Å². The first-order chi connectivity index (χ1) is 17.6. The highest BCUT2D eigenvalue weighted by molar-refractivity contribution is 6.05. The number of halogens is 2. The number of nitrogens with two attached hydrogens (primary N) is 1. The number of amidine groups is 1. The fraction of sp³-hybridized carbons (Fsp3) is 0.500. The van der Waals surface area contributed by atoms with E-state index in [9.17, 15) is 13.6 Å². The lowest BCUT2D eigenvalue weighted by atomic mass is 9.55. The van der Waals surface area contributed by atoms with Crippen LogP contribution in [0.2, 0.25) is 0 Å². The quantitative estimate of drug-likeness (QED) is 0.619. The van der Waals surface area contributed by atoms with Gasteiger partial charge in [0.25, 0.3) is 18.4 Å². The number of nitrogens with one attached hydrogen (secondary N) is 1. The lowest BCUT2D eigenvalue weighted by Crippen LogP contribution is -2.71. The predicted molar refractivity (Wildman–Crippen MR) is 133 cm³/mol. The second-order valence-corrected chi connectivity index (χ2v) is 10.3. The SMILES string of the molecule is CC1C=C(C(=O)Nc2ccc3c(c2)C2(COC(N)=N2)C2(COC2)C(C)(C)O3)N=CC(OCC(F)F)=CC1. The second kappa shape index (κ2) is 9.13. The Labute approximate surface area is 213 Å². The van der Waals surface area contributed by atoms with Gasteiger partial charge in [-0.1, -0.05) is 6.92 Å². The molecule has 1 fully saturated rings. The highest BCUT2D eigenvalue weighted by atomic mass is 19.3. The van der Waals surface area contributed by atoms with E-state index in [1.807, 2.05) is 26.8 Å². The van der Waals surface area contributed by atoms with Crippen LogP contribution in [0.25, 0.3) is 0 Å². The summed E-state index contributed by atoms with van der Waals surface area (Å²) in [6.45, 7) is 6.27. The number of hydrogen-bond donors (Lipinski definition) is 2. The second-order valence-electron chi connectivity index (χ2n) is 10.3. The molecule has 0 aliphatic carbocycles. The number of carbonyl (C=O) groups excluding carboxylic acids is 1. The van der Waals surface area contributed by atoms with Gasteiger partial charge in [-0.3, -0.25) is 4.79 Å². The van der Waals surface area contributed by atoms with E-state index < -0.39 is 35.5 Å². The number of anilines is 1. The summed E-state index contributed by atoms with van der Waals surface area (Å²) in [5.41, 5.74) is 5.47. The topological polar surface area (TPSA) is 117 Å². The molecule has 0 saturated carbocycles. The van der Waals surface area contributed by atoms with Gasteiger partial charge in [0.1, 0.15) is 41.6 Å². The van der Waals surface area contributed by atoms with Crippen LogP contribution in [-0.4, -0.2) is 56.6 Å². The molecular formula is C26H30F2N4O5. The van der Waals surface area contributed by atoms with Crippen molar-refractivity contribution in [3.05, 3.63) is 47.4 Å². The summed E-state index contributed by atoms with van der Waals surface area (Å²) in [6.07, 6.45) is 2.61. The largest absolute Gasteiger partial charge is 0.487 e. The lowest BCUT2D eigenvalue weighted by molar-refractivity contribution is -0.247. The van der Waals surface area contributed by atoms with Crippen LogP contribution in [-0.2, 0) is 24.5 Å². The number of rotatable bonds is 5. The monoisotopic (exact) mass is 516 g/mol. The summed E-state index contributed by atoms with van der Waals surface area (Å²) in [4.78, 5) is 22.2. The molecule has 4 heterocycles. The maximum Gasteiger partial charge on any atom is 0.283 e. The van der Waals surface area contributed by atoms with E-state index in [1.165, 1.54) is 6.21 Å². The Kier molecular flexibility index (Phi) is 6.21. The number of aliphatic imine (C=N–C) groups is 2. The van der Waals surface area contributed by atoms with Gasteiger partial charge in [0.15, 0.2) is 0 Å². The Hall–Kier alpha value is -3.47. The Morgan fingerprint density at radius 3 is 2.73 bits per heavy atom. The van der Waals surface area contributed by atoms with Crippen LogP contribution < -0.4 is 15.8 Å². The summed E-state index contributed by atoms with van der Waals surface area (Å²) in [5, 5.41) is 2.89. The molecule has 2 atom stereocenters. The van der Waals surface area contributed by atoms with Crippen LogP contribution in [0, 0.1) is 11.3 Å². The Morgan fingerprint density at radius 2 is 2.08 bits per heavy atom. The van der Waals surface area contributed by atoms with Crippen molar-refractivity contribution in [3.8, 4) is 5.75 Å². The van der Waals surface area contributed by atoms with E-state index in [4.69, 9.17) is 29.7 Å².